The third-order valence-corrected chi connectivity index (χ3v) is 7.11. The topological polar surface area (TPSA) is 83.9 Å². The zero-order valence-corrected chi connectivity index (χ0v) is 13.3. The predicted molar refractivity (Wildman–Crippen MR) is 74.8 cm³/mol. The molecule has 1 N–H and O–H groups in total. The Morgan fingerprint density at radius 1 is 1.60 bits per heavy atom. The van der Waals surface area contributed by atoms with Gasteiger partial charge in [-0.15, -0.1) is 11.3 Å². The number of carboxylic acids is 1. The molecule has 1 aliphatic rings. The maximum atomic E-state index is 12.5. The molecular weight excluding hydrogens is 326 g/mol. The van der Waals surface area contributed by atoms with E-state index in [1.54, 1.807) is 6.92 Å². The summed E-state index contributed by atoms with van der Waals surface area (Å²) in [6, 6.07) is 0.354. The molecule has 0 bridgehead atoms. The van der Waals surface area contributed by atoms with Gasteiger partial charge in [0.25, 0.3) is 10.0 Å². The van der Waals surface area contributed by atoms with Crippen molar-refractivity contribution in [3.8, 4) is 0 Å². The number of nitrogens with zero attached hydrogens (tertiary/aromatic N) is 1. The highest BCUT2D eigenvalue weighted by molar-refractivity contribution is 7.91. The van der Waals surface area contributed by atoms with Crippen LogP contribution in [0.1, 0.15) is 12.0 Å². The molecule has 1 aromatic rings. The quantitative estimate of drug-likeness (QED) is 0.900. The molecule has 2 heterocycles. The van der Waals surface area contributed by atoms with Gasteiger partial charge in [-0.3, -0.25) is 4.79 Å². The molecule has 0 aliphatic carbocycles. The van der Waals surface area contributed by atoms with Gasteiger partial charge < -0.3 is 9.84 Å². The maximum absolute atomic E-state index is 12.5. The molecule has 2 unspecified atom stereocenters. The van der Waals surface area contributed by atoms with Crippen molar-refractivity contribution in [3.05, 3.63) is 16.0 Å². The van der Waals surface area contributed by atoms with E-state index >= 15 is 0 Å². The standard InChI is InChI=1S/C11H14ClNO5S2/c1-6-3-9(19-10(6)12)20(16,17)13-5-7(18-2)4-8(13)11(14)15/h3,7-8H,4-5H2,1-2H3,(H,14,15). The fraction of sp³-hybridized carbons (Fsp3) is 0.545. The van der Waals surface area contributed by atoms with Gasteiger partial charge in [0.15, 0.2) is 0 Å². The van der Waals surface area contributed by atoms with Crippen LogP contribution in [-0.2, 0) is 19.6 Å². The first-order valence-corrected chi connectivity index (χ1v) is 8.44. The number of carboxylic acid groups (broad SMARTS) is 1. The predicted octanol–water partition coefficient (Wildman–Crippen LogP) is 1.57. The number of sulfonamides is 1. The number of halogens is 1. The molecular formula is C11H14ClNO5S2. The van der Waals surface area contributed by atoms with Crippen molar-refractivity contribution >= 4 is 38.9 Å². The smallest absolute Gasteiger partial charge is 0.322 e. The van der Waals surface area contributed by atoms with Crippen LogP contribution in [0.2, 0.25) is 4.34 Å². The van der Waals surface area contributed by atoms with E-state index in [0.29, 0.717) is 9.90 Å². The van der Waals surface area contributed by atoms with Gasteiger partial charge in [-0.25, -0.2) is 8.42 Å². The number of ether oxygens (including phenoxy) is 1. The van der Waals surface area contributed by atoms with Crippen LogP contribution in [0.4, 0.5) is 0 Å². The molecule has 1 fully saturated rings. The fourth-order valence-electron chi connectivity index (χ4n) is 2.10. The fourth-order valence-corrected chi connectivity index (χ4v) is 5.57. The average Bonchev–Trinajstić information content (AvgIpc) is 2.95. The van der Waals surface area contributed by atoms with E-state index in [4.69, 9.17) is 16.3 Å². The zero-order chi connectivity index (χ0) is 15.1. The van der Waals surface area contributed by atoms with Gasteiger partial charge in [-0.2, -0.15) is 4.31 Å². The van der Waals surface area contributed by atoms with E-state index in [2.05, 4.69) is 0 Å². The molecule has 1 aromatic heterocycles. The monoisotopic (exact) mass is 339 g/mol. The molecule has 20 heavy (non-hydrogen) atoms. The highest BCUT2D eigenvalue weighted by atomic mass is 35.5. The van der Waals surface area contributed by atoms with Gasteiger partial charge in [-0.05, 0) is 18.6 Å². The minimum atomic E-state index is -3.87. The van der Waals surface area contributed by atoms with E-state index in [1.165, 1.54) is 13.2 Å². The van der Waals surface area contributed by atoms with Crippen LogP contribution in [0.15, 0.2) is 10.3 Å². The lowest BCUT2D eigenvalue weighted by Crippen LogP contribution is -2.40. The minimum Gasteiger partial charge on any atom is -0.480 e. The van der Waals surface area contributed by atoms with Gasteiger partial charge in [0, 0.05) is 20.1 Å². The van der Waals surface area contributed by atoms with Crippen molar-refractivity contribution in [1.82, 2.24) is 4.31 Å². The van der Waals surface area contributed by atoms with Crippen LogP contribution in [0.5, 0.6) is 0 Å². The van der Waals surface area contributed by atoms with E-state index < -0.39 is 28.1 Å². The summed E-state index contributed by atoms with van der Waals surface area (Å²) in [5.74, 6) is -1.17. The minimum absolute atomic E-state index is 0.0321. The molecule has 112 valence electrons. The first kappa shape index (κ1) is 15.7. The summed E-state index contributed by atoms with van der Waals surface area (Å²) in [6.45, 7) is 1.73. The largest absolute Gasteiger partial charge is 0.480 e. The summed E-state index contributed by atoms with van der Waals surface area (Å²) in [6.07, 6.45) is -0.272. The van der Waals surface area contributed by atoms with Crippen LogP contribution in [0, 0.1) is 6.92 Å². The van der Waals surface area contributed by atoms with Gasteiger partial charge in [-0.1, -0.05) is 11.6 Å². The number of hydrogen-bond donors (Lipinski definition) is 1. The van der Waals surface area contributed by atoms with E-state index in [-0.39, 0.29) is 17.2 Å². The normalized spacial score (nSPS) is 24.1. The number of rotatable bonds is 4. The first-order chi connectivity index (χ1) is 9.27. The molecule has 9 heteroatoms. The van der Waals surface area contributed by atoms with Gasteiger partial charge >= 0.3 is 5.97 Å². The Labute approximate surface area is 126 Å². The summed E-state index contributed by atoms with van der Waals surface area (Å²) in [5, 5.41) is 9.18. The van der Waals surface area contributed by atoms with Crippen molar-refractivity contribution < 1.29 is 23.1 Å². The second-order valence-electron chi connectivity index (χ2n) is 4.54. The first-order valence-electron chi connectivity index (χ1n) is 5.80. The number of hydrogen-bond acceptors (Lipinski definition) is 5. The van der Waals surface area contributed by atoms with Crippen LogP contribution >= 0.6 is 22.9 Å². The molecule has 1 aliphatic heterocycles. The Bertz CT molecular complexity index is 607. The summed E-state index contributed by atoms with van der Waals surface area (Å²) >= 11 is 6.82. The maximum Gasteiger partial charge on any atom is 0.322 e. The number of aliphatic carboxylic acids is 1. The lowest BCUT2D eigenvalue weighted by molar-refractivity contribution is -0.140. The lowest BCUT2D eigenvalue weighted by atomic mass is 10.2. The summed E-state index contributed by atoms with van der Waals surface area (Å²) in [5.41, 5.74) is 0.657. The van der Waals surface area contributed by atoms with Gasteiger partial charge in [0.1, 0.15) is 10.3 Å². The average molecular weight is 340 g/mol. The van der Waals surface area contributed by atoms with Crippen LogP contribution in [-0.4, -0.2) is 49.6 Å². The second kappa shape index (κ2) is 5.61. The molecule has 0 amide bonds. The number of carbonyl (C=O) groups is 1. The molecule has 0 spiro atoms. The van der Waals surface area contributed by atoms with Crippen LogP contribution in [0.3, 0.4) is 0 Å². The molecule has 2 atom stereocenters. The molecule has 1 saturated heterocycles. The Morgan fingerprint density at radius 2 is 2.25 bits per heavy atom. The Morgan fingerprint density at radius 3 is 2.70 bits per heavy atom. The van der Waals surface area contributed by atoms with E-state index in [9.17, 15) is 18.3 Å². The van der Waals surface area contributed by atoms with Crippen molar-refractivity contribution in [2.75, 3.05) is 13.7 Å². The highest BCUT2D eigenvalue weighted by Crippen LogP contribution is 2.35. The third-order valence-electron chi connectivity index (χ3n) is 3.23. The summed E-state index contributed by atoms with van der Waals surface area (Å²) < 4.78 is 31.6. The summed E-state index contributed by atoms with van der Waals surface area (Å²) in [4.78, 5) is 11.2. The van der Waals surface area contributed by atoms with Crippen LogP contribution < -0.4 is 0 Å². The van der Waals surface area contributed by atoms with Crippen molar-refractivity contribution in [3.63, 3.8) is 0 Å². The van der Waals surface area contributed by atoms with E-state index in [0.717, 1.165) is 15.6 Å². The second-order valence-corrected chi connectivity index (χ2v) is 8.32. The van der Waals surface area contributed by atoms with Crippen molar-refractivity contribution in [1.29, 1.82) is 0 Å². The Balaban J connectivity index is 2.39. The number of methoxy groups -OCH3 is 1. The van der Waals surface area contributed by atoms with Gasteiger partial charge in [0.05, 0.1) is 10.4 Å². The zero-order valence-electron chi connectivity index (χ0n) is 10.9. The van der Waals surface area contributed by atoms with Crippen molar-refractivity contribution in [2.45, 2.75) is 29.7 Å². The van der Waals surface area contributed by atoms with Gasteiger partial charge in [0.2, 0.25) is 0 Å². The number of thiophene rings is 1. The lowest BCUT2D eigenvalue weighted by Gasteiger charge is -2.19. The Kier molecular flexibility index (Phi) is 4.41. The SMILES string of the molecule is COC1CC(C(=O)O)N(S(=O)(=O)c2cc(C)c(Cl)s2)C1. The molecule has 0 radical (unpaired) electrons. The molecule has 2 rings (SSSR count). The Hall–Kier alpha value is -0.670. The number of aryl methyl sites for hydroxylation is 1. The molecule has 0 saturated carbocycles. The third kappa shape index (κ3) is 2.71. The van der Waals surface area contributed by atoms with Crippen LogP contribution in [0.25, 0.3) is 0 Å². The summed E-state index contributed by atoms with van der Waals surface area (Å²) in [7, 11) is -2.43. The molecule has 0 aromatic carbocycles. The van der Waals surface area contributed by atoms with E-state index in [1.807, 2.05) is 0 Å². The highest BCUT2D eigenvalue weighted by Gasteiger charge is 2.44. The molecule has 6 nitrogen and oxygen atoms in total. The van der Waals surface area contributed by atoms with Crippen molar-refractivity contribution in [2.24, 2.45) is 0 Å².